The SMILES string of the molecule is Cc1cc(Cl)ccc1NC(=O)COCC(=O)N1CCC(c2nc(-c3ccc4c(c3)C(C)(C)CCC4(C)C)cs2)CC1. The molecule has 1 N–H and O–H groups in total. The summed E-state index contributed by atoms with van der Waals surface area (Å²) in [6.07, 6.45) is 4.15. The molecule has 2 heterocycles. The number of piperidine rings is 1. The summed E-state index contributed by atoms with van der Waals surface area (Å²) in [7, 11) is 0. The maximum atomic E-state index is 12.7. The third-order valence-corrected chi connectivity index (χ3v) is 10.0. The Kier molecular flexibility index (Phi) is 8.61. The van der Waals surface area contributed by atoms with Gasteiger partial charge < -0.3 is 15.0 Å². The van der Waals surface area contributed by atoms with Gasteiger partial charge in [-0.15, -0.1) is 11.3 Å². The van der Waals surface area contributed by atoms with Crippen molar-refractivity contribution >= 4 is 40.4 Å². The monoisotopic (exact) mass is 593 g/mol. The van der Waals surface area contributed by atoms with E-state index in [1.807, 2.05) is 11.8 Å². The first-order chi connectivity index (χ1) is 19.4. The zero-order valence-corrected chi connectivity index (χ0v) is 26.3. The lowest BCUT2D eigenvalue weighted by molar-refractivity contribution is -0.138. The maximum absolute atomic E-state index is 12.7. The van der Waals surface area contributed by atoms with E-state index in [1.165, 1.54) is 29.5 Å². The number of aryl methyl sites for hydroxylation is 1. The number of fused-ring (bicyclic) bond motifs is 1. The molecule has 0 unspecified atom stereocenters. The highest BCUT2D eigenvalue weighted by molar-refractivity contribution is 7.10. The second-order valence-corrected chi connectivity index (χ2v) is 14.1. The molecular formula is C33H40ClN3O3S. The first-order valence-electron chi connectivity index (χ1n) is 14.5. The number of carbonyl (C=O) groups excluding carboxylic acids is 2. The van der Waals surface area contributed by atoms with Crippen molar-refractivity contribution in [3.63, 3.8) is 0 Å². The minimum atomic E-state index is -0.298. The van der Waals surface area contributed by atoms with Crippen LogP contribution >= 0.6 is 22.9 Å². The molecule has 1 aliphatic heterocycles. The van der Waals surface area contributed by atoms with E-state index < -0.39 is 0 Å². The number of halogens is 1. The average Bonchev–Trinajstić information content (AvgIpc) is 3.43. The van der Waals surface area contributed by atoms with Crippen LogP contribution in [0.1, 0.15) is 81.0 Å². The fourth-order valence-electron chi connectivity index (χ4n) is 6.01. The Labute approximate surface area is 252 Å². The van der Waals surface area contributed by atoms with E-state index in [0.29, 0.717) is 29.7 Å². The predicted octanol–water partition coefficient (Wildman–Crippen LogP) is 7.48. The second-order valence-electron chi connectivity index (χ2n) is 12.8. The van der Waals surface area contributed by atoms with Crippen LogP contribution in [0.4, 0.5) is 5.69 Å². The van der Waals surface area contributed by atoms with Crippen LogP contribution in [-0.4, -0.2) is 48.0 Å². The summed E-state index contributed by atoms with van der Waals surface area (Å²) in [5, 5.41) is 6.74. The van der Waals surface area contributed by atoms with Gasteiger partial charge >= 0.3 is 0 Å². The van der Waals surface area contributed by atoms with Crippen LogP contribution in [0.15, 0.2) is 41.8 Å². The molecule has 5 rings (SSSR count). The molecule has 2 aromatic carbocycles. The van der Waals surface area contributed by atoms with E-state index in [-0.39, 0.29) is 35.9 Å². The quantitative estimate of drug-likeness (QED) is 0.308. The minimum Gasteiger partial charge on any atom is -0.362 e. The Morgan fingerprint density at radius 3 is 2.44 bits per heavy atom. The molecule has 8 heteroatoms. The first-order valence-corrected chi connectivity index (χ1v) is 15.7. The highest BCUT2D eigenvalue weighted by Gasteiger charge is 2.37. The molecule has 0 atom stereocenters. The Morgan fingerprint density at radius 2 is 1.73 bits per heavy atom. The number of aromatic nitrogens is 1. The van der Waals surface area contributed by atoms with Gasteiger partial charge in [-0.05, 0) is 84.4 Å². The molecule has 2 amide bonds. The van der Waals surface area contributed by atoms with Gasteiger partial charge in [-0.2, -0.15) is 0 Å². The lowest BCUT2D eigenvalue weighted by atomic mass is 9.63. The molecule has 2 aliphatic rings. The second kappa shape index (κ2) is 11.9. The van der Waals surface area contributed by atoms with Crippen molar-refractivity contribution in [1.29, 1.82) is 0 Å². The first kappa shape index (κ1) is 29.7. The number of nitrogens with zero attached hydrogens (tertiary/aromatic N) is 2. The van der Waals surface area contributed by atoms with E-state index in [0.717, 1.165) is 29.1 Å². The predicted molar refractivity (Wildman–Crippen MR) is 167 cm³/mol. The molecule has 1 saturated heterocycles. The van der Waals surface area contributed by atoms with Gasteiger partial charge in [0.2, 0.25) is 11.8 Å². The van der Waals surface area contributed by atoms with Gasteiger partial charge in [0.15, 0.2) is 0 Å². The van der Waals surface area contributed by atoms with Crippen molar-refractivity contribution in [1.82, 2.24) is 9.88 Å². The molecule has 0 radical (unpaired) electrons. The van der Waals surface area contributed by atoms with Gasteiger partial charge in [-0.25, -0.2) is 4.98 Å². The zero-order chi connectivity index (χ0) is 29.4. The number of amides is 2. The Hall–Kier alpha value is -2.74. The molecule has 218 valence electrons. The average molecular weight is 594 g/mol. The molecule has 3 aromatic rings. The van der Waals surface area contributed by atoms with Gasteiger partial charge in [0.25, 0.3) is 0 Å². The highest BCUT2D eigenvalue weighted by atomic mass is 35.5. The van der Waals surface area contributed by atoms with Crippen molar-refractivity contribution in [3.05, 3.63) is 68.5 Å². The van der Waals surface area contributed by atoms with E-state index in [1.54, 1.807) is 29.5 Å². The summed E-state index contributed by atoms with van der Waals surface area (Å²) in [6.45, 7) is 12.3. The van der Waals surface area contributed by atoms with Crippen LogP contribution in [0.2, 0.25) is 5.02 Å². The summed E-state index contributed by atoms with van der Waals surface area (Å²) in [4.78, 5) is 31.9. The van der Waals surface area contributed by atoms with Gasteiger partial charge in [-0.1, -0.05) is 51.4 Å². The number of hydrogen-bond donors (Lipinski definition) is 1. The van der Waals surface area contributed by atoms with Crippen LogP contribution in [0, 0.1) is 6.92 Å². The van der Waals surface area contributed by atoms with E-state index in [9.17, 15) is 9.59 Å². The molecule has 41 heavy (non-hydrogen) atoms. The molecule has 0 spiro atoms. The summed E-state index contributed by atoms with van der Waals surface area (Å²) in [5.41, 5.74) is 7.08. The normalized spacial score (nSPS) is 18.1. The smallest absolute Gasteiger partial charge is 0.250 e. The highest BCUT2D eigenvalue weighted by Crippen LogP contribution is 2.47. The fourth-order valence-corrected chi connectivity index (χ4v) is 7.23. The number of nitrogens with one attached hydrogen (secondary N) is 1. The largest absolute Gasteiger partial charge is 0.362 e. The third kappa shape index (κ3) is 6.68. The molecular weight excluding hydrogens is 554 g/mol. The third-order valence-electron chi connectivity index (χ3n) is 8.79. The van der Waals surface area contributed by atoms with E-state index >= 15 is 0 Å². The van der Waals surface area contributed by atoms with Crippen molar-refractivity contribution in [2.45, 2.75) is 77.0 Å². The number of benzene rings is 2. The fraction of sp³-hybridized carbons (Fsp3) is 0.485. The number of thiazole rings is 1. The molecule has 1 aromatic heterocycles. The van der Waals surface area contributed by atoms with Crippen LogP contribution in [-0.2, 0) is 25.2 Å². The lowest BCUT2D eigenvalue weighted by Crippen LogP contribution is -2.40. The summed E-state index contributed by atoms with van der Waals surface area (Å²) < 4.78 is 5.44. The molecule has 1 fully saturated rings. The van der Waals surface area contributed by atoms with Crippen LogP contribution in [0.5, 0.6) is 0 Å². The van der Waals surface area contributed by atoms with Gasteiger partial charge in [0.1, 0.15) is 13.2 Å². The van der Waals surface area contributed by atoms with E-state index in [2.05, 4.69) is 56.6 Å². The Morgan fingerprint density at radius 1 is 1.02 bits per heavy atom. The number of carbonyl (C=O) groups is 2. The Bertz CT molecular complexity index is 1440. The van der Waals surface area contributed by atoms with Crippen LogP contribution in [0.3, 0.4) is 0 Å². The lowest BCUT2D eigenvalue weighted by Gasteiger charge is -2.42. The van der Waals surface area contributed by atoms with Gasteiger partial charge in [-0.3, -0.25) is 9.59 Å². The number of likely N-dealkylation sites (tertiary alicyclic amines) is 1. The van der Waals surface area contributed by atoms with Gasteiger partial charge in [0, 0.05) is 40.7 Å². The van der Waals surface area contributed by atoms with Crippen LogP contribution < -0.4 is 5.32 Å². The molecule has 0 saturated carbocycles. The maximum Gasteiger partial charge on any atom is 0.250 e. The van der Waals surface area contributed by atoms with Gasteiger partial charge in [0.05, 0.1) is 10.7 Å². The van der Waals surface area contributed by atoms with Crippen molar-refractivity contribution < 1.29 is 14.3 Å². The summed E-state index contributed by atoms with van der Waals surface area (Å²) in [5.74, 6) is -0.0360. The van der Waals surface area contributed by atoms with Crippen LogP contribution in [0.25, 0.3) is 11.3 Å². The van der Waals surface area contributed by atoms with Crippen molar-refractivity contribution in [2.75, 3.05) is 31.6 Å². The number of anilines is 1. The number of ether oxygens (including phenoxy) is 1. The minimum absolute atomic E-state index is 0.0849. The number of hydrogen-bond acceptors (Lipinski definition) is 5. The van der Waals surface area contributed by atoms with Crippen molar-refractivity contribution in [3.8, 4) is 11.3 Å². The molecule has 6 nitrogen and oxygen atoms in total. The number of rotatable bonds is 7. The summed E-state index contributed by atoms with van der Waals surface area (Å²) >= 11 is 7.70. The Balaban J connectivity index is 1.12. The zero-order valence-electron chi connectivity index (χ0n) is 24.7. The van der Waals surface area contributed by atoms with E-state index in [4.69, 9.17) is 21.3 Å². The molecule has 1 aliphatic carbocycles. The molecule has 0 bridgehead atoms. The standard InChI is InChI=1S/C33H40ClN3O3S/c1-21-16-24(34)7-9-27(21)35-29(38)18-40-19-30(39)37-14-10-22(11-15-37)31-36-28(20-41-31)23-6-8-25-26(17-23)33(4,5)13-12-32(25,2)3/h6-9,16-17,20,22H,10-15,18-19H2,1-5H3,(H,35,38). The summed E-state index contributed by atoms with van der Waals surface area (Å²) in [6, 6.07) is 12.2. The van der Waals surface area contributed by atoms with Crippen molar-refractivity contribution in [2.24, 2.45) is 0 Å². The topological polar surface area (TPSA) is 71.5 Å².